The van der Waals surface area contributed by atoms with Crippen LogP contribution in [0.25, 0.3) is 0 Å². The molecule has 0 spiro atoms. The van der Waals surface area contributed by atoms with Gasteiger partial charge in [-0.05, 0) is 5.92 Å². The van der Waals surface area contributed by atoms with Crippen LogP contribution < -0.4 is 0 Å². The highest BCUT2D eigenvalue weighted by Gasteiger charge is 2.46. The number of hydrogen-bond acceptors (Lipinski definition) is 5. The second kappa shape index (κ2) is 5.26. The predicted octanol–water partition coefficient (Wildman–Crippen LogP) is 1.75. The minimum absolute atomic E-state index is 0.215. The van der Waals surface area contributed by atoms with Crippen LogP contribution in [0.2, 0.25) is 0 Å². The Morgan fingerprint density at radius 1 is 1.56 bits per heavy atom. The SMILES string of the molecule is CCC1COC2OC(C)=NC2C(OC(C)=O)C1C. The molecular formula is C13H21NO4. The van der Waals surface area contributed by atoms with E-state index in [4.69, 9.17) is 14.2 Å². The Morgan fingerprint density at radius 2 is 2.28 bits per heavy atom. The van der Waals surface area contributed by atoms with Crippen molar-refractivity contribution in [1.82, 2.24) is 0 Å². The van der Waals surface area contributed by atoms with Crippen molar-refractivity contribution in [3.63, 3.8) is 0 Å². The summed E-state index contributed by atoms with van der Waals surface area (Å²) in [4.78, 5) is 15.7. The number of nitrogens with zero attached hydrogens (tertiary/aromatic N) is 1. The van der Waals surface area contributed by atoms with Crippen LogP contribution in [0.3, 0.4) is 0 Å². The number of rotatable bonds is 2. The van der Waals surface area contributed by atoms with Gasteiger partial charge in [0.2, 0.25) is 6.29 Å². The molecule has 5 heteroatoms. The molecule has 0 aromatic carbocycles. The number of carbonyl (C=O) groups excluding carboxylic acids is 1. The Balaban J connectivity index is 2.23. The first-order chi connectivity index (χ1) is 8.52. The molecule has 18 heavy (non-hydrogen) atoms. The van der Waals surface area contributed by atoms with E-state index in [1.807, 2.05) is 0 Å². The van der Waals surface area contributed by atoms with Gasteiger partial charge in [0, 0.05) is 19.8 Å². The maximum absolute atomic E-state index is 11.3. The highest BCUT2D eigenvalue weighted by Crippen LogP contribution is 2.34. The van der Waals surface area contributed by atoms with Gasteiger partial charge in [0.25, 0.3) is 0 Å². The molecule has 5 nitrogen and oxygen atoms in total. The van der Waals surface area contributed by atoms with E-state index in [1.165, 1.54) is 6.92 Å². The Labute approximate surface area is 108 Å². The second-order valence-electron chi connectivity index (χ2n) is 5.06. The van der Waals surface area contributed by atoms with E-state index >= 15 is 0 Å². The van der Waals surface area contributed by atoms with Gasteiger partial charge in [0.15, 0.2) is 11.9 Å². The first-order valence-electron chi connectivity index (χ1n) is 6.52. The minimum Gasteiger partial charge on any atom is -0.460 e. The Hall–Kier alpha value is -1.10. The van der Waals surface area contributed by atoms with E-state index in [9.17, 15) is 4.79 Å². The fourth-order valence-electron chi connectivity index (χ4n) is 2.71. The largest absolute Gasteiger partial charge is 0.460 e. The number of ether oxygens (including phenoxy) is 3. The fraction of sp³-hybridized carbons (Fsp3) is 0.846. The third-order valence-corrected chi connectivity index (χ3v) is 3.80. The maximum Gasteiger partial charge on any atom is 0.302 e. The summed E-state index contributed by atoms with van der Waals surface area (Å²) in [7, 11) is 0. The third-order valence-electron chi connectivity index (χ3n) is 3.80. The molecule has 0 aliphatic carbocycles. The average molecular weight is 255 g/mol. The fourth-order valence-corrected chi connectivity index (χ4v) is 2.71. The van der Waals surface area contributed by atoms with E-state index in [1.54, 1.807) is 6.92 Å². The van der Waals surface area contributed by atoms with Gasteiger partial charge in [-0.1, -0.05) is 20.3 Å². The van der Waals surface area contributed by atoms with Gasteiger partial charge in [-0.15, -0.1) is 0 Å². The second-order valence-corrected chi connectivity index (χ2v) is 5.06. The van der Waals surface area contributed by atoms with Crippen molar-refractivity contribution < 1.29 is 19.0 Å². The lowest BCUT2D eigenvalue weighted by Crippen LogP contribution is -2.40. The number of fused-ring (bicyclic) bond motifs is 1. The summed E-state index contributed by atoms with van der Waals surface area (Å²) in [6.45, 7) is 8.06. The van der Waals surface area contributed by atoms with E-state index < -0.39 is 6.29 Å². The normalized spacial score (nSPS) is 39.3. The van der Waals surface area contributed by atoms with Crippen molar-refractivity contribution in [1.29, 1.82) is 0 Å². The van der Waals surface area contributed by atoms with Crippen molar-refractivity contribution >= 4 is 11.9 Å². The zero-order valence-electron chi connectivity index (χ0n) is 11.4. The van der Waals surface area contributed by atoms with E-state index in [0.29, 0.717) is 18.4 Å². The summed E-state index contributed by atoms with van der Waals surface area (Å²) in [5.41, 5.74) is 0. The predicted molar refractivity (Wildman–Crippen MR) is 66.2 cm³/mol. The molecule has 2 rings (SSSR count). The highest BCUT2D eigenvalue weighted by molar-refractivity contribution is 5.75. The first-order valence-corrected chi connectivity index (χ1v) is 6.52. The monoisotopic (exact) mass is 255 g/mol. The number of hydrogen-bond donors (Lipinski definition) is 0. The lowest BCUT2D eigenvalue weighted by Gasteiger charge is -2.28. The lowest BCUT2D eigenvalue weighted by molar-refractivity contribution is -0.154. The van der Waals surface area contributed by atoms with Crippen LogP contribution >= 0.6 is 0 Å². The van der Waals surface area contributed by atoms with Gasteiger partial charge in [-0.25, -0.2) is 4.99 Å². The molecule has 102 valence electrons. The zero-order chi connectivity index (χ0) is 13.3. The van der Waals surface area contributed by atoms with Crippen molar-refractivity contribution in [2.75, 3.05) is 6.61 Å². The van der Waals surface area contributed by atoms with Crippen LogP contribution in [-0.2, 0) is 19.0 Å². The summed E-state index contributed by atoms with van der Waals surface area (Å²) >= 11 is 0. The number of carbonyl (C=O) groups is 1. The van der Waals surface area contributed by atoms with Crippen LogP contribution in [0.4, 0.5) is 0 Å². The molecule has 0 aromatic rings. The van der Waals surface area contributed by atoms with Crippen molar-refractivity contribution in [3.05, 3.63) is 0 Å². The average Bonchev–Trinajstić information content (AvgIpc) is 2.62. The van der Waals surface area contributed by atoms with Crippen LogP contribution in [-0.4, -0.2) is 36.9 Å². The van der Waals surface area contributed by atoms with Crippen LogP contribution in [0.5, 0.6) is 0 Å². The van der Waals surface area contributed by atoms with E-state index in [0.717, 1.165) is 6.42 Å². The molecule has 5 unspecified atom stereocenters. The quantitative estimate of drug-likeness (QED) is 0.705. The van der Waals surface area contributed by atoms with Gasteiger partial charge >= 0.3 is 5.97 Å². The molecule has 0 saturated carbocycles. The molecule has 2 aliphatic heterocycles. The summed E-state index contributed by atoms with van der Waals surface area (Å²) in [6, 6.07) is -0.236. The van der Waals surface area contributed by atoms with E-state index in [2.05, 4.69) is 18.8 Å². The third kappa shape index (κ3) is 2.51. The molecule has 0 N–H and O–H groups in total. The van der Waals surface area contributed by atoms with Crippen LogP contribution in [0, 0.1) is 11.8 Å². The number of esters is 1. The van der Waals surface area contributed by atoms with Gasteiger partial charge in [-0.3, -0.25) is 4.79 Å². The van der Waals surface area contributed by atoms with E-state index in [-0.39, 0.29) is 24.0 Å². The van der Waals surface area contributed by atoms with Crippen LogP contribution in [0.15, 0.2) is 4.99 Å². The molecule has 5 atom stereocenters. The summed E-state index contributed by atoms with van der Waals surface area (Å²) in [5, 5.41) is 0. The Morgan fingerprint density at radius 3 is 2.89 bits per heavy atom. The summed E-state index contributed by atoms with van der Waals surface area (Å²) in [6.07, 6.45) is 0.312. The molecule has 1 fully saturated rings. The van der Waals surface area contributed by atoms with Gasteiger partial charge in [0.1, 0.15) is 6.10 Å². The lowest BCUT2D eigenvalue weighted by atomic mass is 9.85. The topological polar surface area (TPSA) is 57.1 Å². The smallest absolute Gasteiger partial charge is 0.302 e. The molecule has 0 aromatic heterocycles. The summed E-state index contributed by atoms with van der Waals surface area (Å²) < 4.78 is 16.8. The molecule has 0 amide bonds. The standard InChI is InChI=1S/C13H21NO4/c1-5-10-6-16-13-11(14-8(3)17-13)12(7(10)2)18-9(4)15/h7,10-13H,5-6H2,1-4H3. The summed E-state index contributed by atoms with van der Waals surface area (Å²) in [5.74, 6) is 0.901. The maximum atomic E-state index is 11.3. The Bertz CT molecular complexity index is 355. The van der Waals surface area contributed by atoms with Gasteiger partial charge < -0.3 is 14.2 Å². The van der Waals surface area contributed by atoms with Crippen molar-refractivity contribution in [2.24, 2.45) is 16.8 Å². The molecule has 0 radical (unpaired) electrons. The molecule has 2 aliphatic rings. The van der Waals surface area contributed by atoms with Gasteiger partial charge in [-0.2, -0.15) is 0 Å². The molecule has 1 saturated heterocycles. The van der Waals surface area contributed by atoms with Gasteiger partial charge in [0.05, 0.1) is 6.61 Å². The van der Waals surface area contributed by atoms with Crippen molar-refractivity contribution in [3.8, 4) is 0 Å². The minimum atomic E-state index is -0.409. The highest BCUT2D eigenvalue weighted by atomic mass is 16.7. The van der Waals surface area contributed by atoms with Crippen LogP contribution in [0.1, 0.15) is 34.1 Å². The molecule has 2 heterocycles. The zero-order valence-corrected chi connectivity index (χ0v) is 11.4. The molecular weight excluding hydrogens is 234 g/mol. The van der Waals surface area contributed by atoms with Crippen molar-refractivity contribution in [2.45, 2.75) is 52.6 Å². The Kier molecular flexibility index (Phi) is 3.90. The first kappa shape index (κ1) is 13.3. The molecule has 0 bridgehead atoms. The number of aliphatic imine (C=N–C) groups is 1.